The average molecular weight is 331 g/mol. The fourth-order valence-electron chi connectivity index (χ4n) is 2.63. The molecule has 0 spiro atoms. The maximum absolute atomic E-state index is 12.1. The summed E-state index contributed by atoms with van der Waals surface area (Å²) >= 11 is 0. The van der Waals surface area contributed by atoms with Crippen molar-refractivity contribution in [1.82, 2.24) is 10.6 Å². The zero-order valence-corrected chi connectivity index (χ0v) is 13.9. The van der Waals surface area contributed by atoms with E-state index in [0.29, 0.717) is 23.1 Å². The summed E-state index contributed by atoms with van der Waals surface area (Å²) in [5, 5.41) is 6.19. The average Bonchev–Trinajstić information content (AvgIpc) is 2.85. The van der Waals surface area contributed by atoms with Crippen LogP contribution in [0.2, 0.25) is 0 Å². The molecule has 2 heterocycles. The minimum atomic E-state index is -0.430. The first kappa shape index (κ1) is 18.5. The number of halogens is 1. The van der Waals surface area contributed by atoms with E-state index in [1.807, 2.05) is 0 Å². The van der Waals surface area contributed by atoms with E-state index in [-0.39, 0.29) is 30.8 Å². The minimum Gasteiger partial charge on any atom is -0.465 e. The van der Waals surface area contributed by atoms with Crippen LogP contribution in [0.1, 0.15) is 41.6 Å². The second kappa shape index (κ2) is 8.19. The van der Waals surface area contributed by atoms with Crippen LogP contribution in [0.25, 0.3) is 0 Å². The van der Waals surface area contributed by atoms with Crippen molar-refractivity contribution in [3.63, 3.8) is 0 Å². The lowest BCUT2D eigenvalue weighted by atomic mass is 9.92. The van der Waals surface area contributed by atoms with Gasteiger partial charge in [0.25, 0.3) is 0 Å². The Morgan fingerprint density at radius 2 is 2.23 bits per heavy atom. The van der Waals surface area contributed by atoms with E-state index in [1.165, 1.54) is 7.11 Å². The largest absolute Gasteiger partial charge is 0.465 e. The van der Waals surface area contributed by atoms with Crippen LogP contribution in [0.15, 0.2) is 10.5 Å². The summed E-state index contributed by atoms with van der Waals surface area (Å²) in [5.74, 6) is 0.709. The number of amides is 1. The molecule has 1 amide bonds. The molecule has 124 valence electrons. The van der Waals surface area contributed by atoms with Crippen molar-refractivity contribution in [1.29, 1.82) is 0 Å². The molecule has 1 aliphatic heterocycles. The van der Waals surface area contributed by atoms with E-state index < -0.39 is 5.97 Å². The summed E-state index contributed by atoms with van der Waals surface area (Å²) in [6.07, 6.45) is 1.69. The molecule has 0 aliphatic carbocycles. The van der Waals surface area contributed by atoms with Gasteiger partial charge in [0.2, 0.25) is 5.91 Å². The molecule has 7 heteroatoms. The number of aryl methyl sites for hydroxylation is 1. The highest BCUT2D eigenvalue weighted by atomic mass is 35.5. The number of nitrogens with one attached hydrogen (secondary N) is 2. The zero-order chi connectivity index (χ0) is 15.4. The van der Waals surface area contributed by atoms with E-state index in [1.54, 1.807) is 13.0 Å². The van der Waals surface area contributed by atoms with Crippen LogP contribution in [0, 0.1) is 12.8 Å². The number of carbonyl (C=O) groups excluding carboxylic acids is 2. The molecule has 1 aromatic rings. The van der Waals surface area contributed by atoms with Crippen LogP contribution in [0.4, 0.5) is 0 Å². The molecule has 2 atom stereocenters. The maximum atomic E-state index is 12.1. The fraction of sp³-hybridized carbons (Fsp3) is 0.600. The molecule has 2 N–H and O–H groups in total. The third-order valence-corrected chi connectivity index (χ3v) is 3.81. The van der Waals surface area contributed by atoms with Gasteiger partial charge in [-0.15, -0.1) is 12.4 Å². The second-order valence-electron chi connectivity index (χ2n) is 5.47. The Morgan fingerprint density at radius 1 is 1.50 bits per heavy atom. The summed E-state index contributed by atoms with van der Waals surface area (Å²) < 4.78 is 10.1. The molecule has 1 fully saturated rings. The number of carbonyl (C=O) groups is 2. The lowest BCUT2D eigenvalue weighted by molar-refractivity contribution is -0.126. The quantitative estimate of drug-likeness (QED) is 0.823. The summed E-state index contributed by atoms with van der Waals surface area (Å²) in [6, 6.07) is 1.98. The first-order valence-electron chi connectivity index (χ1n) is 7.20. The molecule has 0 radical (unpaired) electrons. The summed E-state index contributed by atoms with van der Waals surface area (Å²) in [7, 11) is 1.33. The molecule has 1 aromatic heterocycles. The molecule has 1 aliphatic rings. The first-order valence-corrected chi connectivity index (χ1v) is 7.20. The van der Waals surface area contributed by atoms with Crippen molar-refractivity contribution < 1.29 is 18.7 Å². The number of piperidine rings is 1. The standard InChI is InChI=1S/C15H22N2O4.ClH/c1-9-6-11(4-5-16-9)14(18)17-8-12-7-13(10(2)21-12)15(19)20-3;/h7,9,11,16H,4-6,8H2,1-3H3,(H,17,18);1H/t9-,11-;/m0./s1. The maximum Gasteiger partial charge on any atom is 0.341 e. The van der Waals surface area contributed by atoms with Gasteiger partial charge < -0.3 is 19.8 Å². The van der Waals surface area contributed by atoms with Gasteiger partial charge in [-0.25, -0.2) is 4.79 Å². The third kappa shape index (κ3) is 4.48. The SMILES string of the molecule is COC(=O)c1cc(CNC(=O)[C@H]2CCN[C@@H](C)C2)oc1C.Cl. The van der Waals surface area contributed by atoms with E-state index >= 15 is 0 Å². The van der Waals surface area contributed by atoms with Gasteiger partial charge in [-0.1, -0.05) is 0 Å². The predicted octanol–water partition coefficient (Wildman–Crippen LogP) is 1.80. The van der Waals surface area contributed by atoms with E-state index in [2.05, 4.69) is 22.3 Å². The van der Waals surface area contributed by atoms with Gasteiger partial charge in [-0.05, 0) is 39.3 Å². The molecule has 1 saturated heterocycles. The van der Waals surface area contributed by atoms with Crippen molar-refractivity contribution in [3.05, 3.63) is 23.2 Å². The van der Waals surface area contributed by atoms with Crippen molar-refractivity contribution in [2.75, 3.05) is 13.7 Å². The van der Waals surface area contributed by atoms with Crippen molar-refractivity contribution in [3.8, 4) is 0 Å². The number of hydrogen-bond acceptors (Lipinski definition) is 5. The zero-order valence-electron chi connectivity index (χ0n) is 13.1. The second-order valence-corrected chi connectivity index (χ2v) is 5.47. The van der Waals surface area contributed by atoms with Crippen molar-refractivity contribution in [2.45, 2.75) is 39.3 Å². The van der Waals surface area contributed by atoms with Gasteiger partial charge in [-0.3, -0.25) is 4.79 Å². The number of hydrogen-bond donors (Lipinski definition) is 2. The Hall–Kier alpha value is -1.53. The highest BCUT2D eigenvalue weighted by Gasteiger charge is 2.24. The van der Waals surface area contributed by atoms with Crippen LogP contribution >= 0.6 is 12.4 Å². The first-order chi connectivity index (χ1) is 10.0. The molecule has 2 rings (SSSR count). The molecule has 0 bridgehead atoms. The van der Waals surface area contributed by atoms with Gasteiger partial charge in [0, 0.05) is 12.0 Å². The molecule has 0 aromatic carbocycles. The predicted molar refractivity (Wildman–Crippen MR) is 84.1 cm³/mol. The van der Waals surface area contributed by atoms with Gasteiger partial charge >= 0.3 is 5.97 Å². The Bertz CT molecular complexity index is 530. The minimum absolute atomic E-state index is 0. The molecule has 6 nitrogen and oxygen atoms in total. The summed E-state index contributed by atoms with van der Waals surface area (Å²) in [6.45, 7) is 4.94. The lowest BCUT2D eigenvalue weighted by Gasteiger charge is -2.26. The Kier molecular flexibility index (Phi) is 6.90. The normalized spacial score (nSPS) is 20.9. The van der Waals surface area contributed by atoms with Crippen LogP contribution < -0.4 is 10.6 Å². The topological polar surface area (TPSA) is 80.6 Å². The molecule has 0 unspecified atom stereocenters. The van der Waals surface area contributed by atoms with Crippen LogP contribution in [0.5, 0.6) is 0 Å². The van der Waals surface area contributed by atoms with E-state index in [0.717, 1.165) is 19.4 Å². The Morgan fingerprint density at radius 3 is 2.86 bits per heavy atom. The van der Waals surface area contributed by atoms with Gasteiger partial charge in [0.05, 0.1) is 13.7 Å². The summed E-state index contributed by atoms with van der Waals surface area (Å²) in [5.41, 5.74) is 0.400. The monoisotopic (exact) mass is 330 g/mol. The molecule has 22 heavy (non-hydrogen) atoms. The van der Waals surface area contributed by atoms with Crippen molar-refractivity contribution >= 4 is 24.3 Å². The molecular weight excluding hydrogens is 308 g/mol. The Labute approximate surface area is 136 Å². The molecular formula is C15H23ClN2O4. The van der Waals surface area contributed by atoms with Crippen LogP contribution in [-0.2, 0) is 16.1 Å². The third-order valence-electron chi connectivity index (χ3n) is 3.81. The smallest absolute Gasteiger partial charge is 0.341 e. The van der Waals surface area contributed by atoms with Gasteiger partial charge in [0.1, 0.15) is 17.1 Å². The number of esters is 1. The summed E-state index contributed by atoms with van der Waals surface area (Å²) in [4.78, 5) is 23.6. The Balaban J connectivity index is 0.00000242. The highest BCUT2D eigenvalue weighted by molar-refractivity contribution is 5.90. The number of rotatable bonds is 4. The number of furan rings is 1. The van der Waals surface area contributed by atoms with Crippen LogP contribution in [-0.4, -0.2) is 31.6 Å². The van der Waals surface area contributed by atoms with Crippen LogP contribution in [0.3, 0.4) is 0 Å². The number of methoxy groups -OCH3 is 1. The van der Waals surface area contributed by atoms with Gasteiger partial charge in [-0.2, -0.15) is 0 Å². The number of ether oxygens (including phenoxy) is 1. The van der Waals surface area contributed by atoms with Gasteiger partial charge in [0.15, 0.2) is 0 Å². The highest BCUT2D eigenvalue weighted by Crippen LogP contribution is 2.18. The lowest BCUT2D eigenvalue weighted by Crippen LogP contribution is -2.42. The van der Waals surface area contributed by atoms with Crippen molar-refractivity contribution in [2.24, 2.45) is 5.92 Å². The fourth-order valence-corrected chi connectivity index (χ4v) is 2.63. The van der Waals surface area contributed by atoms with E-state index in [4.69, 9.17) is 4.42 Å². The molecule has 0 saturated carbocycles. The van der Waals surface area contributed by atoms with E-state index in [9.17, 15) is 9.59 Å².